The minimum atomic E-state index is 0.162. The number of benzene rings is 1. The largest absolute Gasteiger partial charge is 0.343 e. The van der Waals surface area contributed by atoms with Crippen molar-refractivity contribution in [3.05, 3.63) is 40.9 Å². The summed E-state index contributed by atoms with van der Waals surface area (Å²) in [4.78, 5) is 18.8. The third-order valence-electron chi connectivity index (χ3n) is 4.01. The van der Waals surface area contributed by atoms with E-state index < -0.39 is 0 Å². The van der Waals surface area contributed by atoms with E-state index in [4.69, 9.17) is 0 Å². The van der Waals surface area contributed by atoms with E-state index in [0.29, 0.717) is 6.42 Å². The van der Waals surface area contributed by atoms with Gasteiger partial charge >= 0.3 is 0 Å². The molecule has 0 atom stereocenters. The number of amides is 1. The number of thiazole rings is 1. The quantitative estimate of drug-likeness (QED) is 0.720. The van der Waals surface area contributed by atoms with Crippen LogP contribution in [0, 0.1) is 0 Å². The average Bonchev–Trinajstić information content (AvgIpc) is 3.03. The maximum atomic E-state index is 12.4. The Morgan fingerprint density at radius 2 is 1.96 bits per heavy atom. The molecule has 0 aliphatic heterocycles. The summed E-state index contributed by atoms with van der Waals surface area (Å²) >= 11 is 1.54. The van der Waals surface area contributed by atoms with Crippen molar-refractivity contribution in [2.75, 3.05) is 18.4 Å². The maximum Gasteiger partial charge on any atom is 0.228 e. The number of aryl methyl sites for hydroxylation is 1. The molecular weight excluding hydrogens is 318 g/mol. The fourth-order valence-electron chi connectivity index (χ4n) is 2.47. The molecule has 0 bridgehead atoms. The van der Waals surface area contributed by atoms with E-state index in [1.165, 1.54) is 5.56 Å². The van der Waals surface area contributed by atoms with E-state index in [1.54, 1.807) is 11.3 Å². The van der Waals surface area contributed by atoms with Gasteiger partial charge in [0, 0.05) is 24.2 Å². The highest BCUT2D eigenvalue weighted by Gasteiger charge is 2.14. The van der Waals surface area contributed by atoms with Crippen LogP contribution >= 0.6 is 11.3 Å². The van der Waals surface area contributed by atoms with Crippen LogP contribution in [0.25, 0.3) is 0 Å². The van der Waals surface area contributed by atoms with Crippen molar-refractivity contribution in [3.63, 3.8) is 0 Å². The third-order valence-corrected chi connectivity index (χ3v) is 4.82. The minimum absolute atomic E-state index is 0.162. The Kier molecular flexibility index (Phi) is 7.25. The van der Waals surface area contributed by atoms with Gasteiger partial charge in [-0.05, 0) is 37.5 Å². The first-order valence-corrected chi connectivity index (χ1v) is 9.62. The number of hydrogen-bond donors (Lipinski definition) is 1. The lowest BCUT2D eigenvalue weighted by Crippen LogP contribution is -2.33. The second kappa shape index (κ2) is 9.42. The molecule has 1 N–H and O–H groups in total. The zero-order valence-corrected chi connectivity index (χ0v) is 15.7. The van der Waals surface area contributed by atoms with Crippen molar-refractivity contribution >= 4 is 28.1 Å². The fourth-order valence-corrected chi connectivity index (χ4v) is 3.20. The van der Waals surface area contributed by atoms with Crippen LogP contribution < -0.4 is 5.32 Å². The smallest absolute Gasteiger partial charge is 0.228 e. The second-order valence-corrected chi connectivity index (χ2v) is 6.68. The van der Waals surface area contributed by atoms with E-state index in [1.807, 2.05) is 17.2 Å². The molecule has 5 heteroatoms. The molecule has 130 valence electrons. The highest BCUT2D eigenvalue weighted by Crippen LogP contribution is 2.22. The molecule has 0 saturated carbocycles. The molecule has 0 spiro atoms. The number of carbonyl (C=O) groups is 1. The highest BCUT2D eigenvalue weighted by atomic mass is 32.1. The predicted molar refractivity (Wildman–Crippen MR) is 102 cm³/mol. The lowest BCUT2D eigenvalue weighted by Gasteiger charge is -2.20. The standard InChI is InChI=1S/C19H27N3OS/c1-4-7-12-22(6-3)18(23)13-17-14-24-19(21-17)20-16-10-8-15(5-2)9-11-16/h8-11,14H,4-7,12-13H2,1-3H3,(H,20,21). The first-order valence-electron chi connectivity index (χ1n) is 8.74. The van der Waals surface area contributed by atoms with Crippen LogP contribution in [0.1, 0.15) is 44.9 Å². The molecule has 0 radical (unpaired) electrons. The number of aromatic nitrogens is 1. The van der Waals surface area contributed by atoms with E-state index in [0.717, 1.165) is 48.9 Å². The monoisotopic (exact) mass is 345 g/mol. The molecule has 0 aliphatic rings. The Hall–Kier alpha value is -1.88. The van der Waals surface area contributed by atoms with Gasteiger partial charge in [0.1, 0.15) is 0 Å². The number of rotatable bonds is 9. The Morgan fingerprint density at radius 1 is 1.21 bits per heavy atom. The third kappa shape index (κ3) is 5.34. The minimum Gasteiger partial charge on any atom is -0.343 e. The van der Waals surface area contributed by atoms with Crippen molar-refractivity contribution in [1.29, 1.82) is 0 Å². The Labute approximate surface area is 148 Å². The molecule has 1 heterocycles. The summed E-state index contributed by atoms with van der Waals surface area (Å²) in [6.07, 6.45) is 3.57. The van der Waals surface area contributed by atoms with Crippen LogP contribution in [0.3, 0.4) is 0 Å². The number of nitrogens with zero attached hydrogens (tertiary/aromatic N) is 2. The fraction of sp³-hybridized carbons (Fsp3) is 0.474. The zero-order valence-electron chi connectivity index (χ0n) is 14.8. The SMILES string of the molecule is CCCCN(CC)C(=O)Cc1csc(Nc2ccc(CC)cc2)n1. The number of likely N-dealkylation sites (N-methyl/N-ethyl adjacent to an activating group) is 1. The first kappa shape index (κ1) is 18.5. The van der Waals surface area contributed by atoms with Crippen molar-refractivity contribution in [2.45, 2.75) is 46.5 Å². The van der Waals surface area contributed by atoms with Crippen molar-refractivity contribution < 1.29 is 4.79 Å². The summed E-state index contributed by atoms with van der Waals surface area (Å²) in [6.45, 7) is 7.92. The van der Waals surface area contributed by atoms with Crippen LogP contribution in [0.4, 0.5) is 10.8 Å². The number of anilines is 2. The van der Waals surface area contributed by atoms with Gasteiger partial charge in [0.15, 0.2) is 5.13 Å². The van der Waals surface area contributed by atoms with Crippen LogP contribution in [0.5, 0.6) is 0 Å². The van der Waals surface area contributed by atoms with Crippen LogP contribution in [0.2, 0.25) is 0 Å². The zero-order chi connectivity index (χ0) is 17.4. The topological polar surface area (TPSA) is 45.2 Å². The van der Waals surface area contributed by atoms with Crippen molar-refractivity contribution in [2.24, 2.45) is 0 Å². The van der Waals surface area contributed by atoms with Gasteiger partial charge in [-0.3, -0.25) is 4.79 Å². The number of hydrogen-bond acceptors (Lipinski definition) is 4. The van der Waals surface area contributed by atoms with Gasteiger partial charge in [-0.1, -0.05) is 32.4 Å². The molecule has 4 nitrogen and oxygen atoms in total. The lowest BCUT2D eigenvalue weighted by molar-refractivity contribution is -0.130. The van der Waals surface area contributed by atoms with Gasteiger partial charge in [0.2, 0.25) is 5.91 Å². The predicted octanol–water partition coefficient (Wildman–Crippen LogP) is 4.64. The van der Waals surface area contributed by atoms with Gasteiger partial charge < -0.3 is 10.2 Å². The molecule has 0 fully saturated rings. The van der Waals surface area contributed by atoms with Gasteiger partial charge in [-0.25, -0.2) is 4.98 Å². The van der Waals surface area contributed by atoms with Crippen molar-refractivity contribution in [3.8, 4) is 0 Å². The van der Waals surface area contributed by atoms with E-state index in [9.17, 15) is 4.79 Å². The summed E-state index contributed by atoms with van der Waals surface area (Å²) in [5, 5.41) is 6.11. The molecule has 0 saturated heterocycles. The van der Waals surface area contributed by atoms with E-state index in [-0.39, 0.29) is 5.91 Å². The molecule has 2 aromatic rings. The normalized spacial score (nSPS) is 10.6. The van der Waals surface area contributed by atoms with Gasteiger partial charge in [0.05, 0.1) is 12.1 Å². The number of unbranched alkanes of at least 4 members (excludes halogenated alkanes) is 1. The number of nitrogens with one attached hydrogen (secondary N) is 1. The molecular formula is C19H27N3OS. The molecule has 1 aromatic heterocycles. The summed E-state index contributed by atoms with van der Waals surface area (Å²) in [7, 11) is 0. The molecule has 1 aromatic carbocycles. The van der Waals surface area contributed by atoms with Crippen LogP contribution in [-0.2, 0) is 17.6 Å². The Morgan fingerprint density at radius 3 is 2.58 bits per heavy atom. The molecule has 0 unspecified atom stereocenters. The molecule has 0 aliphatic carbocycles. The summed E-state index contributed by atoms with van der Waals surface area (Å²) in [5.41, 5.74) is 3.18. The second-order valence-electron chi connectivity index (χ2n) is 5.82. The Bertz CT molecular complexity index is 636. The van der Waals surface area contributed by atoms with Gasteiger partial charge in [0.25, 0.3) is 0 Å². The van der Waals surface area contributed by atoms with E-state index in [2.05, 4.69) is 48.4 Å². The molecule has 1 amide bonds. The highest BCUT2D eigenvalue weighted by molar-refractivity contribution is 7.13. The average molecular weight is 346 g/mol. The summed E-state index contributed by atoms with van der Waals surface area (Å²) in [6, 6.07) is 8.36. The first-order chi connectivity index (χ1) is 11.7. The molecule has 2 rings (SSSR count). The molecule has 24 heavy (non-hydrogen) atoms. The lowest BCUT2D eigenvalue weighted by atomic mass is 10.1. The Balaban J connectivity index is 1.93. The van der Waals surface area contributed by atoms with E-state index >= 15 is 0 Å². The summed E-state index contributed by atoms with van der Waals surface area (Å²) in [5.74, 6) is 0.162. The van der Waals surface area contributed by atoms with Crippen molar-refractivity contribution in [1.82, 2.24) is 9.88 Å². The number of carbonyl (C=O) groups excluding carboxylic acids is 1. The van der Waals surface area contributed by atoms with Gasteiger partial charge in [-0.2, -0.15) is 0 Å². The van der Waals surface area contributed by atoms with Crippen LogP contribution in [0.15, 0.2) is 29.6 Å². The van der Waals surface area contributed by atoms with Crippen LogP contribution in [-0.4, -0.2) is 28.9 Å². The summed E-state index contributed by atoms with van der Waals surface area (Å²) < 4.78 is 0. The maximum absolute atomic E-state index is 12.4. The van der Waals surface area contributed by atoms with Gasteiger partial charge in [-0.15, -0.1) is 11.3 Å².